The standard InChI is InChI=1S/C13H21N3O/c1-4-13(14,5-2)12(17)16-10(3)11-7-6-8-15-9-11/h6-10H,4-5,14H2,1-3H3,(H,16,17). The van der Waals surface area contributed by atoms with Gasteiger partial charge in [-0.15, -0.1) is 0 Å². The molecule has 1 heterocycles. The normalized spacial score (nSPS) is 13.2. The molecular formula is C13H21N3O. The Hall–Kier alpha value is -1.42. The lowest BCUT2D eigenvalue weighted by atomic mass is 9.92. The molecule has 1 atom stereocenters. The van der Waals surface area contributed by atoms with Crippen molar-refractivity contribution < 1.29 is 4.79 Å². The van der Waals surface area contributed by atoms with Crippen LogP contribution in [0.5, 0.6) is 0 Å². The smallest absolute Gasteiger partial charge is 0.240 e. The molecule has 0 aliphatic rings. The number of carbonyl (C=O) groups excluding carboxylic acids is 1. The number of hydrogen-bond acceptors (Lipinski definition) is 3. The second kappa shape index (κ2) is 5.77. The summed E-state index contributed by atoms with van der Waals surface area (Å²) in [4.78, 5) is 16.1. The molecular weight excluding hydrogens is 214 g/mol. The average Bonchev–Trinajstić information content (AvgIpc) is 2.38. The highest BCUT2D eigenvalue weighted by Gasteiger charge is 2.30. The summed E-state index contributed by atoms with van der Waals surface area (Å²) in [6, 6.07) is 3.72. The molecule has 1 rings (SSSR count). The highest BCUT2D eigenvalue weighted by Crippen LogP contribution is 2.15. The lowest BCUT2D eigenvalue weighted by Crippen LogP contribution is -2.53. The maximum atomic E-state index is 12.1. The van der Waals surface area contributed by atoms with Crippen LogP contribution < -0.4 is 11.1 Å². The molecule has 1 aromatic heterocycles. The lowest BCUT2D eigenvalue weighted by molar-refractivity contribution is -0.127. The quantitative estimate of drug-likeness (QED) is 0.817. The van der Waals surface area contributed by atoms with Gasteiger partial charge in [-0.2, -0.15) is 0 Å². The van der Waals surface area contributed by atoms with E-state index in [9.17, 15) is 4.79 Å². The molecule has 4 heteroatoms. The van der Waals surface area contributed by atoms with Crippen LogP contribution in [0.4, 0.5) is 0 Å². The number of amides is 1. The molecule has 17 heavy (non-hydrogen) atoms. The molecule has 0 radical (unpaired) electrons. The summed E-state index contributed by atoms with van der Waals surface area (Å²) < 4.78 is 0. The second-order valence-electron chi connectivity index (χ2n) is 4.34. The van der Waals surface area contributed by atoms with Gasteiger partial charge in [-0.1, -0.05) is 19.9 Å². The van der Waals surface area contributed by atoms with Crippen molar-refractivity contribution in [3.63, 3.8) is 0 Å². The van der Waals surface area contributed by atoms with Crippen molar-refractivity contribution in [2.75, 3.05) is 0 Å². The van der Waals surface area contributed by atoms with E-state index >= 15 is 0 Å². The molecule has 1 aromatic rings. The van der Waals surface area contributed by atoms with E-state index < -0.39 is 5.54 Å². The molecule has 0 fully saturated rings. The Kier molecular flexibility index (Phi) is 4.63. The zero-order valence-corrected chi connectivity index (χ0v) is 10.7. The molecule has 0 saturated heterocycles. The molecule has 0 aromatic carbocycles. The van der Waals surface area contributed by atoms with E-state index in [1.807, 2.05) is 32.9 Å². The van der Waals surface area contributed by atoms with Gasteiger partial charge in [-0.3, -0.25) is 9.78 Å². The number of carbonyl (C=O) groups is 1. The fraction of sp³-hybridized carbons (Fsp3) is 0.538. The number of nitrogens with one attached hydrogen (secondary N) is 1. The van der Waals surface area contributed by atoms with Crippen molar-refractivity contribution in [2.45, 2.75) is 45.2 Å². The summed E-state index contributed by atoms with van der Waals surface area (Å²) in [7, 11) is 0. The predicted molar refractivity (Wildman–Crippen MR) is 68.3 cm³/mol. The minimum absolute atomic E-state index is 0.0720. The fourth-order valence-corrected chi connectivity index (χ4v) is 1.63. The first kappa shape index (κ1) is 13.6. The zero-order valence-electron chi connectivity index (χ0n) is 10.7. The number of pyridine rings is 1. The van der Waals surface area contributed by atoms with Crippen molar-refractivity contribution in [3.8, 4) is 0 Å². The Balaban J connectivity index is 2.69. The van der Waals surface area contributed by atoms with E-state index in [0.717, 1.165) is 5.56 Å². The largest absolute Gasteiger partial charge is 0.348 e. The van der Waals surface area contributed by atoms with Gasteiger partial charge in [0, 0.05) is 12.4 Å². The third-order valence-electron chi connectivity index (χ3n) is 3.25. The number of hydrogen-bond donors (Lipinski definition) is 2. The number of aromatic nitrogens is 1. The van der Waals surface area contributed by atoms with Gasteiger partial charge in [-0.05, 0) is 31.4 Å². The molecule has 0 spiro atoms. The highest BCUT2D eigenvalue weighted by atomic mass is 16.2. The number of nitrogens with two attached hydrogens (primary N) is 1. The van der Waals surface area contributed by atoms with E-state index in [1.165, 1.54) is 0 Å². The topological polar surface area (TPSA) is 68.0 Å². The van der Waals surface area contributed by atoms with Crippen molar-refractivity contribution in [1.82, 2.24) is 10.3 Å². The summed E-state index contributed by atoms with van der Waals surface area (Å²) in [6.45, 7) is 5.79. The minimum Gasteiger partial charge on any atom is -0.348 e. The molecule has 0 aliphatic heterocycles. The maximum absolute atomic E-state index is 12.1. The van der Waals surface area contributed by atoms with Crippen molar-refractivity contribution >= 4 is 5.91 Å². The van der Waals surface area contributed by atoms with Crippen LogP contribution in [0, 0.1) is 0 Å². The SMILES string of the molecule is CCC(N)(CC)C(=O)NC(C)c1cccnc1. The van der Waals surface area contributed by atoms with E-state index in [0.29, 0.717) is 12.8 Å². The Morgan fingerprint density at radius 1 is 1.53 bits per heavy atom. The van der Waals surface area contributed by atoms with Gasteiger partial charge < -0.3 is 11.1 Å². The van der Waals surface area contributed by atoms with Crippen LogP contribution in [0.1, 0.15) is 45.2 Å². The summed E-state index contributed by atoms with van der Waals surface area (Å²) in [5, 5.41) is 2.93. The lowest BCUT2D eigenvalue weighted by Gasteiger charge is -2.27. The molecule has 94 valence electrons. The molecule has 1 amide bonds. The first-order valence-electron chi connectivity index (χ1n) is 6.03. The molecule has 1 unspecified atom stereocenters. The van der Waals surface area contributed by atoms with Crippen LogP contribution in [-0.2, 0) is 4.79 Å². The van der Waals surface area contributed by atoms with Crippen LogP contribution >= 0.6 is 0 Å². The van der Waals surface area contributed by atoms with Gasteiger partial charge in [0.25, 0.3) is 0 Å². The molecule has 3 N–H and O–H groups in total. The fourth-order valence-electron chi connectivity index (χ4n) is 1.63. The first-order valence-corrected chi connectivity index (χ1v) is 6.03. The van der Waals surface area contributed by atoms with Crippen LogP contribution in [0.25, 0.3) is 0 Å². The maximum Gasteiger partial charge on any atom is 0.240 e. The molecule has 0 saturated carbocycles. The predicted octanol–water partition coefficient (Wildman–Crippen LogP) is 1.78. The van der Waals surface area contributed by atoms with E-state index in [1.54, 1.807) is 12.4 Å². The summed E-state index contributed by atoms with van der Waals surface area (Å²) >= 11 is 0. The van der Waals surface area contributed by atoms with Gasteiger partial charge in [0.2, 0.25) is 5.91 Å². The summed E-state index contributed by atoms with van der Waals surface area (Å²) in [5.41, 5.74) is 6.25. The zero-order chi connectivity index (χ0) is 12.9. The van der Waals surface area contributed by atoms with E-state index in [2.05, 4.69) is 10.3 Å². The number of rotatable bonds is 5. The minimum atomic E-state index is -0.767. The third-order valence-corrected chi connectivity index (χ3v) is 3.25. The first-order chi connectivity index (χ1) is 8.03. The molecule has 4 nitrogen and oxygen atoms in total. The van der Waals surface area contributed by atoms with Gasteiger partial charge in [0.05, 0.1) is 11.6 Å². The Labute approximate surface area is 103 Å². The van der Waals surface area contributed by atoms with Crippen molar-refractivity contribution in [1.29, 1.82) is 0 Å². The van der Waals surface area contributed by atoms with Crippen LogP contribution in [-0.4, -0.2) is 16.4 Å². The average molecular weight is 235 g/mol. The van der Waals surface area contributed by atoms with Crippen LogP contribution in [0.15, 0.2) is 24.5 Å². The van der Waals surface area contributed by atoms with Crippen molar-refractivity contribution in [3.05, 3.63) is 30.1 Å². The highest BCUT2D eigenvalue weighted by molar-refractivity contribution is 5.86. The van der Waals surface area contributed by atoms with Gasteiger partial charge in [-0.25, -0.2) is 0 Å². The van der Waals surface area contributed by atoms with Crippen LogP contribution in [0.2, 0.25) is 0 Å². The summed E-state index contributed by atoms with van der Waals surface area (Å²) in [6.07, 6.45) is 4.73. The van der Waals surface area contributed by atoms with Gasteiger partial charge in [0.15, 0.2) is 0 Å². The van der Waals surface area contributed by atoms with Gasteiger partial charge in [0.1, 0.15) is 0 Å². The molecule has 0 aliphatic carbocycles. The van der Waals surface area contributed by atoms with Crippen LogP contribution in [0.3, 0.4) is 0 Å². The molecule has 0 bridgehead atoms. The number of nitrogens with zero attached hydrogens (tertiary/aromatic N) is 1. The monoisotopic (exact) mass is 235 g/mol. The second-order valence-corrected chi connectivity index (χ2v) is 4.34. The van der Waals surface area contributed by atoms with Crippen molar-refractivity contribution in [2.24, 2.45) is 5.73 Å². The van der Waals surface area contributed by atoms with E-state index in [4.69, 9.17) is 5.73 Å². The third kappa shape index (κ3) is 3.27. The van der Waals surface area contributed by atoms with E-state index in [-0.39, 0.29) is 11.9 Å². The Morgan fingerprint density at radius 3 is 2.65 bits per heavy atom. The summed E-state index contributed by atoms with van der Waals surface area (Å²) in [5.74, 6) is -0.0983. The Morgan fingerprint density at radius 2 is 2.18 bits per heavy atom. The Bertz CT molecular complexity index is 360. The van der Waals surface area contributed by atoms with Gasteiger partial charge >= 0.3 is 0 Å².